The van der Waals surface area contributed by atoms with Gasteiger partial charge in [0, 0.05) is 5.39 Å². The predicted octanol–water partition coefficient (Wildman–Crippen LogP) is 3.40. The van der Waals surface area contributed by atoms with Crippen LogP contribution in [0.4, 0.5) is 4.79 Å². The van der Waals surface area contributed by atoms with Gasteiger partial charge in [-0.1, -0.05) is 48.5 Å². The number of benzene rings is 2. The molecular weight excluding hydrogens is 304 g/mol. The third-order valence-electron chi connectivity index (χ3n) is 4.38. The molecule has 0 bridgehead atoms. The molecule has 3 aromatic rings. The van der Waals surface area contributed by atoms with Crippen LogP contribution in [0.5, 0.6) is 0 Å². The first-order valence-electron chi connectivity index (χ1n) is 7.75. The second kappa shape index (κ2) is 5.23. The average molecular weight is 320 g/mol. The summed E-state index contributed by atoms with van der Waals surface area (Å²) < 4.78 is 5.81. The van der Waals surface area contributed by atoms with Crippen molar-refractivity contribution in [2.75, 3.05) is 0 Å². The highest BCUT2D eigenvalue weighted by molar-refractivity contribution is 6.07. The first-order chi connectivity index (χ1) is 11.6. The van der Waals surface area contributed by atoms with Crippen LogP contribution in [0, 0.1) is 0 Å². The molecular formula is C19H16N2O3. The van der Waals surface area contributed by atoms with Gasteiger partial charge in [0.25, 0.3) is 5.91 Å². The number of hydrogen-bond acceptors (Lipinski definition) is 3. The lowest BCUT2D eigenvalue weighted by Crippen LogP contribution is -2.40. The van der Waals surface area contributed by atoms with Gasteiger partial charge in [0.2, 0.25) is 0 Å². The summed E-state index contributed by atoms with van der Waals surface area (Å²) in [5.74, 6) is 0.132. The summed E-state index contributed by atoms with van der Waals surface area (Å²) in [6.07, 6.45) is 0. The molecule has 120 valence electrons. The zero-order chi connectivity index (χ0) is 16.7. The van der Waals surface area contributed by atoms with Crippen molar-refractivity contribution in [3.8, 4) is 0 Å². The Morgan fingerprint density at radius 1 is 1.04 bits per heavy atom. The summed E-state index contributed by atoms with van der Waals surface area (Å²) in [5.41, 5.74) is 0.400. The topological polar surface area (TPSA) is 62.6 Å². The van der Waals surface area contributed by atoms with E-state index in [4.69, 9.17) is 4.42 Å². The summed E-state index contributed by atoms with van der Waals surface area (Å²) in [6.45, 7) is 1.91. The van der Waals surface area contributed by atoms with Crippen LogP contribution in [-0.4, -0.2) is 16.8 Å². The third-order valence-corrected chi connectivity index (χ3v) is 4.38. The van der Waals surface area contributed by atoms with E-state index in [1.54, 1.807) is 13.0 Å². The van der Waals surface area contributed by atoms with Crippen molar-refractivity contribution in [1.29, 1.82) is 0 Å². The Hall–Kier alpha value is -3.08. The van der Waals surface area contributed by atoms with Crippen molar-refractivity contribution in [3.63, 3.8) is 0 Å². The van der Waals surface area contributed by atoms with Gasteiger partial charge in [-0.2, -0.15) is 0 Å². The fraction of sp³-hybridized carbons (Fsp3) is 0.158. The fourth-order valence-electron chi connectivity index (χ4n) is 3.00. The first-order valence-corrected chi connectivity index (χ1v) is 7.75. The van der Waals surface area contributed by atoms with Gasteiger partial charge >= 0.3 is 6.03 Å². The highest BCUT2D eigenvalue weighted by Crippen LogP contribution is 2.33. The van der Waals surface area contributed by atoms with E-state index in [9.17, 15) is 9.59 Å². The Balaban J connectivity index is 1.68. The number of carbonyl (C=O) groups is 2. The van der Waals surface area contributed by atoms with Gasteiger partial charge < -0.3 is 9.73 Å². The first kappa shape index (κ1) is 14.5. The van der Waals surface area contributed by atoms with Crippen molar-refractivity contribution < 1.29 is 14.0 Å². The normalized spacial score (nSPS) is 20.6. The van der Waals surface area contributed by atoms with E-state index in [0.29, 0.717) is 11.3 Å². The number of carbonyl (C=O) groups excluding carboxylic acids is 2. The molecule has 1 aromatic heterocycles. The predicted molar refractivity (Wildman–Crippen MR) is 89.1 cm³/mol. The monoisotopic (exact) mass is 320 g/mol. The highest BCUT2D eigenvalue weighted by Gasteiger charge is 2.51. The Labute approximate surface area is 138 Å². The largest absolute Gasteiger partial charge is 0.458 e. The molecule has 1 N–H and O–H groups in total. The minimum Gasteiger partial charge on any atom is -0.458 e. The SMILES string of the molecule is CC1(c2cc3ccccc3o2)NC(=O)N(Cc2ccccc2)C1=O. The minimum absolute atomic E-state index is 0.237. The number of fused-ring (bicyclic) bond motifs is 1. The number of nitrogens with zero attached hydrogens (tertiary/aromatic N) is 1. The lowest BCUT2D eigenvalue weighted by atomic mass is 9.98. The molecule has 1 aliphatic heterocycles. The van der Waals surface area contributed by atoms with Crippen molar-refractivity contribution in [2.24, 2.45) is 0 Å². The van der Waals surface area contributed by atoms with Gasteiger partial charge in [0.15, 0.2) is 5.54 Å². The number of furan rings is 1. The number of amides is 3. The van der Waals surface area contributed by atoms with Gasteiger partial charge in [-0.3, -0.25) is 9.69 Å². The standard InChI is InChI=1S/C19H16N2O3/c1-19(16-11-14-9-5-6-10-15(14)24-16)17(22)21(18(23)20-19)12-13-7-3-2-4-8-13/h2-11H,12H2,1H3,(H,20,23). The molecule has 0 radical (unpaired) electrons. The van der Waals surface area contributed by atoms with Crippen LogP contribution in [0.25, 0.3) is 11.0 Å². The van der Waals surface area contributed by atoms with Crippen molar-refractivity contribution in [1.82, 2.24) is 10.2 Å². The van der Waals surface area contributed by atoms with Gasteiger partial charge in [-0.25, -0.2) is 4.79 Å². The summed E-state index contributed by atoms with van der Waals surface area (Å²) in [7, 11) is 0. The van der Waals surface area contributed by atoms with Gasteiger partial charge in [0.1, 0.15) is 11.3 Å². The molecule has 1 unspecified atom stereocenters. The Morgan fingerprint density at radius 2 is 1.75 bits per heavy atom. The maximum atomic E-state index is 12.9. The molecule has 1 aliphatic rings. The summed E-state index contributed by atoms with van der Waals surface area (Å²) in [4.78, 5) is 26.5. The zero-order valence-corrected chi connectivity index (χ0v) is 13.2. The molecule has 2 aromatic carbocycles. The number of hydrogen-bond donors (Lipinski definition) is 1. The van der Waals surface area contributed by atoms with E-state index in [1.807, 2.05) is 54.6 Å². The molecule has 0 saturated carbocycles. The number of urea groups is 1. The lowest BCUT2D eigenvalue weighted by Gasteiger charge is -2.19. The maximum Gasteiger partial charge on any atom is 0.325 e. The molecule has 4 rings (SSSR count). The Kier molecular flexibility index (Phi) is 3.16. The molecule has 0 aliphatic carbocycles. The van der Waals surface area contributed by atoms with E-state index < -0.39 is 11.6 Å². The quantitative estimate of drug-likeness (QED) is 0.752. The zero-order valence-electron chi connectivity index (χ0n) is 13.2. The van der Waals surface area contributed by atoms with Gasteiger partial charge in [-0.15, -0.1) is 0 Å². The van der Waals surface area contributed by atoms with Crippen LogP contribution in [0.15, 0.2) is 65.1 Å². The smallest absolute Gasteiger partial charge is 0.325 e. The van der Waals surface area contributed by atoms with Crippen LogP contribution in [0.3, 0.4) is 0 Å². The average Bonchev–Trinajstić information content (AvgIpc) is 3.12. The Bertz CT molecular complexity index is 899. The Morgan fingerprint density at radius 3 is 2.50 bits per heavy atom. The number of nitrogens with one attached hydrogen (secondary N) is 1. The van der Waals surface area contributed by atoms with Crippen LogP contribution < -0.4 is 5.32 Å². The second-order valence-electron chi connectivity index (χ2n) is 6.08. The molecule has 5 nitrogen and oxygen atoms in total. The van der Waals surface area contributed by atoms with Crippen molar-refractivity contribution in [2.45, 2.75) is 19.0 Å². The fourth-order valence-corrected chi connectivity index (χ4v) is 3.00. The summed E-state index contributed by atoms with van der Waals surface area (Å²) in [5, 5.41) is 3.67. The van der Waals surface area contributed by atoms with Crippen LogP contribution in [0.1, 0.15) is 18.2 Å². The van der Waals surface area contributed by atoms with Crippen molar-refractivity contribution in [3.05, 3.63) is 72.0 Å². The number of imide groups is 1. The molecule has 1 atom stereocenters. The van der Waals surface area contributed by atoms with E-state index >= 15 is 0 Å². The molecule has 24 heavy (non-hydrogen) atoms. The van der Waals surface area contributed by atoms with Gasteiger partial charge in [0.05, 0.1) is 6.54 Å². The maximum absolute atomic E-state index is 12.9. The molecule has 1 fully saturated rings. The van der Waals surface area contributed by atoms with Crippen LogP contribution >= 0.6 is 0 Å². The van der Waals surface area contributed by atoms with E-state index in [2.05, 4.69) is 5.32 Å². The number of para-hydroxylation sites is 1. The summed E-state index contributed by atoms with van der Waals surface area (Å²) >= 11 is 0. The lowest BCUT2D eigenvalue weighted by molar-refractivity contribution is -0.132. The second-order valence-corrected chi connectivity index (χ2v) is 6.08. The summed E-state index contributed by atoms with van der Waals surface area (Å²) in [6, 6.07) is 18.3. The highest BCUT2D eigenvalue weighted by atomic mass is 16.3. The van der Waals surface area contributed by atoms with Crippen LogP contribution in [-0.2, 0) is 16.9 Å². The molecule has 2 heterocycles. The van der Waals surface area contributed by atoms with E-state index in [0.717, 1.165) is 10.9 Å². The molecule has 0 spiro atoms. The van der Waals surface area contributed by atoms with E-state index in [-0.39, 0.29) is 12.5 Å². The van der Waals surface area contributed by atoms with E-state index in [1.165, 1.54) is 4.90 Å². The third kappa shape index (κ3) is 2.17. The number of rotatable bonds is 3. The van der Waals surface area contributed by atoms with Gasteiger partial charge in [-0.05, 0) is 24.6 Å². The molecule has 3 amide bonds. The minimum atomic E-state index is -1.19. The van der Waals surface area contributed by atoms with Crippen molar-refractivity contribution >= 4 is 22.9 Å². The van der Waals surface area contributed by atoms with Crippen LogP contribution in [0.2, 0.25) is 0 Å². The molecule has 1 saturated heterocycles. The molecule has 5 heteroatoms.